The number of hydrogen-bond acceptors (Lipinski definition) is 3. The van der Waals surface area contributed by atoms with E-state index in [1.54, 1.807) is 0 Å². The Hall–Kier alpha value is -2.10. The molecule has 1 aliphatic heterocycles. The zero-order chi connectivity index (χ0) is 14.1. The number of carbonyl (C=O) groups is 1. The Labute approximate surface area is 118 Å². The Balaban J connectivity index is 1.91. The molecule has 2 heterocycles. The van der Waals surface area contributed by atoms with E-state index in [0.29, 0.717) is 12.8 Å². The van der Waals surface area contributed by atoms with Gasteiger partial charge in [0.1, 0.15) is 5.82 Å². The summed E-state index contributed by atoms with van der Waals surface area (Å²) in [6.45, 7) is 3.60. The lowest BCUT2D eigenvalue weighted by Gasteiger charge is -2.31. The molecule has 20 heavy (non-hydrogen) atoms. The van der Waals surface area contributed by atoms with Crippen molar-refractivity contribution in [3.63, 3.8) is 0 Å². The van der Waals surface area contributed by atoms with E-state index in [4.69, 9.17) is 5.11 Å². The number of anilines is 1. The Bertz CT molecular complexity index is 646. The van der Waals surface area contributed by atoms with Crippen LogP contribution in [0.2, 0.25) is 0 Å². The van der Waals surface area contributed by atoms with Crippen LogP contribution in [0, 0.1) is 12.8 Å². The molecule has 1 aromatic carbocycles. The van der Waals surface area contributed by atoms with E-state index in [9.17, 15) is 4.79 Å². The lowest BCUT2D eigenvalue weighted by atomic mass is 9.96. The van der Waals surface area contributed by atoms with Gasteiger partial charge in [-0.25, -0.2) is 4.98 Å². The van der Waals surface area contributed by atoms with Crippen LogP contribution in [0.25, 0.3) is 10.8 Å². The van der Waals surface area contributed by atoms with Crippen molar-refractivity contribution < 1.29 is 9.90 Å². The molecule has 104 valence electrons. The maximum absolute atomic E-state index is 11.0. The van der Waals surface area contributed by atoms with Gasteiger partial charge < -0.3 is 10.0 Å². The van der Waals surface area contributed by atoms with Gasteiger partial charge in [-0.1, -0.05) is 17.7 Å². The number of hydrogen-bond donors (Lipinski definition) is 1. The van der Waals surface area contributed by atoms with Crippen LogP contribution in [0.15, 0.2) is 30.5 Å². The number of aryl methyl sites for hydroxylation is 1. The van der Waals surface area contributed by atoms with Crippen molar-refractivity contribution in [2.24, 2.45) is 5.92 Å². The lowest BCUT2D eigenvalue weighted by Crippen LogP contribution is -2.36. The molecule has 0 saturated carbocycles. The van der Waals surface area contributed by atoms with Crippen molar-refractivity contribution in [1.29, 1.82) is 0 Å². The summed E-state index contributed by atoms with van der Waals surface area (Å²) in [6, 6.07) is 8.38. The number of rotatable bonds is 2. The van der Waals surface area contributed by atoms with Crippen molar-refractivity contribution in [3.05, 3.63) is 36.0 Å². The minimum absolute atomic E-state index is 0.206. The largest absolute Gasteiger partial charge is 0.481 e. The maximum atomic E-state index is 11.0. The molecule has 0 aliphatic carbocycles. The summed E-state index contributed by atoms with van der Waals surface area (Å²) in [7, 11) is 0. The quantitative estimate of drug-likeness (QED) is 0.911. The van der Waals surface area contributed by atoms with Crippen LogP contribution < -0.4 is 4.90 Å². The molecule has 1 N–H and O–H groups in total. The average molecular weight is 270 g/mol. The third-order valence-electron chi connectivity index (χ3n) is 4.04. The van der Waals surface area contributed by atoms with Gasteiger partial charge in [-0.05, 0) is 37.3 Å². The van der Waals surface area contributed by atoms with E-state index < -0.39 is 5.97 Å². The van der Waals surface area contributed by atoms with Crippen LogP contribution in [-0.4, -0.2) is 29.1 Å². The SMILES string of the molecule is Cc1ccc2ccnc(N3CCC(C(=O)O)CC3)c2c1. The molecular formula is C16H18N2O2. The molecule has 4 nitrogen and oxygen atoms in total. The summed E-state index contributed by atoms with van der Waals surface area (Å²) >= 11 is 0. The summed E-state index contributed by atoms with van der Waals surface area (Å²) in [5, 5.41) is 11.4. The first kappa shape index (κ1) is 12.9. The van der Waals surface area contributed by atoms with Gasteiger partial charge in [0.25, 0.3) is 0 Å². The predicted molar refractivity (Wildman–Crippen MR) is 79.1 cm³/mol. The normalized spacial score (nSPS) is 16.6. The smallest absolute Gasteiger partial charge is 0.306 e. The highest BCUT2D eigenvalue weighted by Crippen LogP contribution is 2.29. The second kappa shape index (κ2) is 5.12. The minimum atomic E-state index is -0.675. The topological polar surface area (TPSA) is 53.4 Å². The molecule has 1 saturated heterocycles. The number of nitrogens with zero attached hydrogens (tertiary/aromatic N) is 2. The number of aromatic nitrogens is 1. The number of benzene rings is 1. The van der Waals surface area contributed by atoms with Gasteiger partial charge in [-0.15, -0.1) is 0 Å². The molecular weight excluding hydrogens is 252 g/mol. The van der Waals surface area contributed by atoms with Crippen LogP contribution in [0.4, 0.5) is 5.82 Å². The molecule has 0 radical (unpaired) electrons. The molecule has 0 atom stereocenters. The second-order valence-electron chi connectivity index (χ2n) is 5.46. The van der Waals surface area contributed by atoms with Crippen LogP contribution in [-0.2, 0) is 4.79 Å². The van der Waals surface area contributed by atoms with Gasteiger partial charge in [-0.3, -0.25) is 4.79 Å². The molecule has 1 aromatic heterocycles. The Morgan fingerprint density at radius 3 is 2.75 bits per heavy atom. The van der Waals surface area contributed by atoms with Crippen molar-refractivity contribution in [1.82, 2.24) is 4.98 Å². The van der Waals surface area contributed by atoms with E-state index in [-0.39, 0.29) is 5.92 Å². The third-order valence-corrected chi connectivity index (χ3v) is 4.04. The Morgan fingerprint density at radius 2 is 2.05 bits per heavy atom. The zero-order valence-electron chi connectivity index (χ0n) is 11.5. The molecule has 3 rings (SSSR count). The Morgan fingerprint density at radius 1 is 1.30 bits per heavy atom. The van der Waals surface area contributed by atoms with Crippen LogP contribution in [0.3, 0.4) is 0 Å². The van der Waals surface area contributed by atoms with Gasteiger partial charge in [0.2, 0.25) is 0 Å². The van der Waals surface area contributed by atoms with E-state index in [2.05, 4.69) is 35.0 Å². The van der Waals surface area contributed by atoms with Crippen molar-refractivity contribution in [2.45, 2.75) is 19.8 Å². The van der Waals surface area contributed by atoms with Gasteiger partial charge in [0.15, 0.2) is 0 Å². The average Bonchev–Trinajstić information content (AvgIpc) is 2.46. The molecule has 1 aliphatic rings. The molecule has 2 aromatic rings. The first-order valence-electron chi connectivity index (χ1n) is 6.98. The van der Waals surface area contributed by atoms with Crippen molar-refractivity contribution in [2.75, 3.05) is 18.0 Å². The number of piperidine rings is 1. The van der Waals surface area contributed by atoms with Crippen LogP contribution >= 0.6 is 0 Å². The highest BCUT2D eigenvalue weighted by molar-refractivity contribution is 5.92. The number of carboxylic acids is 1. The van der Waals surface area contributed by atoms with Crippen molar-refractivity contribution in [3.8, 4) is 0 Å². The number of aliphatic carboxylic acids is 1. The number of carboxylic acid groups (broad SMARTS) is 1. The van der Waals surface area contributed by atoms with Crippen molar-refractivity contribution >= 4 is 22.6 Å². The fraction of sp³-hybridized carbons (Fsp3) is 0.375. The molecule has 1 fully saturated rings. The van der Waals surface area contributed by atoms with E-state index in [0.717, 1.165) is 24.3 Å². The van der Waals surface area contributed by atoms with E-state index in [1.807, 2.05) is 12.3 Å². The lowest BCUT2D eigenvalue weighted by molar-refractivity contribution is -0.142. The summed E-state index contributed by atoms with van der Waals surface area (Å²) in [4.78, 5) is 17.8. The number of pyridine rings is 1. The first-order valence-corrected chi connectivity index (χ1v) is 6.98. The van der Waals surface area contributed by atoms with Crippen LogP contribution in [0.1, 0.15) is 18.4 Å². The second-order valence-corrected chi connectivity index (χ2v) is 5.46. The fourth-order valence-electron chi connectivity index (χ4n) is 2.86. The van der Waals surface area contributed by atoms with Crippen LogP contribution in [0.5, 0.6) is 0 Å². The summed E-state index contributed by atoms with van der Waals surface area (Å²) in [5.41, 5.74) is 1.21. The third kappa shape index (κ3) is 2.33. The monoisotopic (exact) mass is 270 g/mol. The van der Waals surface area contributed by atoms with Gasteiger partial charge in [0, 0.05) is 24.7 Å². The summed E-state index contributed by atoms with van der Waals surface area (Å²) in [6.07, 6.45) is 3.22. The highest BCUT2D eigenvalue weighted by Gasteiger charge is 2.25. The van der Waals surface area contributed by atoms with Gasteiger partial charge >= 0.3 is 5.97 Å². The van der Waals surface area contributed by atoms with E-state index >= 15 is 0 Å². The Kier molecular flexibility index (Phi) is 3.30. The summed E-state index contributed by atoms with van der Waals surface area (Å²) in [5.74, 6) is 0.101. The number of fused-ring (bicyclic) bond motifs is 1. The summed E-state index contributed by atoms with van der Waals surface area (Å²) < 4.78 is 0. The van der Waals surface area contributed by atoms with Gasteiger partial charge in [-0.2, -0.15) is 0 Å². The minimum Gasteiger partial charge on any atom is -0.481 e. The predicted octanol–water partition coefficient (Wildman–Crippen LogP) is 2.84. The molecule has 0 spiro atoms. The van der Waals surface area contributed by atoms with E-state index in [1.165, 1.54) is 10.9 Å². The highest BCUT2D eigenvalue weighted by atomic mass is 16.4. The molecule has 0 bridgehead atoms. The fourth-order valence-corrected chi connectivity index (χ4v) is 2.86. The standard InChI is InChI=1S/C16H18N2O2/c1-11-2-3-12-4-7-17-15(14(12)10-11)18-8-5-13(6-9-18)16(19)20/h2-4,7,10,13H,5-6,8-9H2,1H3,(H,19,20). The maximum Gasteiger partial charge on any atom is 0.306 e. The zero-order valence-corrected chi connectivity index (χ0v) is 11.5. The molecule has 4 heteroatoms. The molecule has 0 unspecified atom stereocenters. The first-order chi connectivity index (χ1) is 9.65. The molecule has 0 amide bonds. The van der Waals surface area contributed by atoms with Gasteiger partial charge in [0.05, 0.1) is 5.92 Å².